The summed E-state index contributed by atoms with van der Waals surface area (Å²) in [7, 11) is 0. The average molecular weight is 1080 g/mol. The highest BCUT2D eigenvalue weighted by molar-refractivity contribution is 5.76. The first-order valence-electron chi connectivity index (χ1n) is 34.4. The minimum atomic E-state index is -0.847. The molecule has 0 saturated carbocycles. The van der Waals surface area contributed by atoms with Crippen LogP contribution in [0.2, 0.25) is 0 Å². The maximum atomic E-state index is 12.5. The first-order valence-corrected chi connectivity index (χ1v) is 34.4. The van der Waals surface area contributed by atoms with Crippen LogP contribution in [-0.4, -0.2) is 47.4 Å². The van der Waals surface area contributed by atoms with Gasteiger partial charge in [-0.1, -0.05) is 319 Å². The van der Waals surface area contributed by atoms with E-state index in [2.05, 4.69) is 55.6 Å². The van der Waals surface area contributed by atoms with Crippen molar-refractivity contribution in [2.45, 2.75) is 379 Å². The molecule has 0 fully saturated rings. The molecule has 77 heavy (non-hydrogen) atoms. The number of allylic oxidation sites excluding steroid dienone is 7. The van der Waals surface area contributed by atoms with Crippen molar-refractivity contribution in [2.24, 2.45) is 0 Å². The van der Waals surface area contributed by atoms with E-state index < -0.39 is 12.1 Å². The standard InChI is InChI=1S/C71H133NO5/c1-3-5-7-9-11-13-15-16-17-18-19-31-34-37-40-44-47-51-55-59-63-69(74)68(67-73)72-70(75)64-60-56-52-48-45-41-38-35-32-29-27-25-23-21-20-22-24-26-28-30-33-36-39-42-46-50-54-58-62-66-77-71(76)65-61-57-53-49-43-14-12-10-8-6-4-2/h10,12,20,22,26,28,59,63,68-69,73-74H,3-9,11,13-19,21,23-25,27,29-58,60-62,64-67H2,1-2H3,(H,72,75)/b12-10-,22-20-,28-26-,63-59+. The predicted octanol–water partition coefficient (Wildman–Crippen LogP) is 22.1. The number of hydrogen-bond acceptors (Lipinski definition) is 5. The minimum Gasteiger partial charge on any atom is -0.466 e. The Bertz CT molecular complexity index is 1290. The Morgan fingerprint density at radius 2 is 0.662 bits per heavy atom. The van der Waals surface area contributed by atoms with Crippen LogP contribution in [0.15, 0.2) is 48.6 Å². The summed E-state index contributed by atoms with van der Waals surface area (Å²) in [6, 6.07) is -0.630. The largest absolute Gasteiger partial charge is 0.466 e. The highest BCUT2D eigenvalue weighted by Gasteiger charge is 2.18. The van der Waals surface area contributed by atoms with Gasteiger partial charge in [-0.15, -0.1) is 0 Å². The first-order chi connectivity index (χ1) is 38.0. The summed E-state index contributed by atoms with van der Waals surface area (Å²) in [4.78, 5) is 24.5. The topological polar surface area (TPSA) is 95.9 Å². The van der Waals surface area contributed by atoms with E-state index in [1.807, 2.05) is 6.08 Å². The van der Waals surface area contributed by atoms with Crippen LogP contribution in [0, 0.1) is 0 Å². The lowest BCUT2D eigenvalue weighted by atomic mass is 10.0. The molecule has 0 aliphatic rings. The van der Waals surface area contributed by atoms with Gasteiger partial charge in [-0.3, -0.25) is 9.59 Å². The molecule has 0 aromatic heterocycles. The van der Waals surface area contributed by atoms with Crippen molar-refractivity contribution >= 4 is 11.9 Å². The third-order valence-electron chi connectivity index (χ3n) is 15.8. The summed E-state index contributed by atoms with van der Waals surface area (Å²) in [6.07, 6.45) is 86.1. The number of esters is 1. The van der Waals surface area contributed by atoms with Gasteiger partial charge >= 0.3 is 5.97 Å². The number of rotatable bonds is 64. The number of carbonyl (C=O) groups is 2. The molecule has 1 amide bonds. The van der Waals surface area contributed by atoms with Gasteiger partial charge in [0.05, 0.1) is 25.4 Å². The second kappa shape index (κ2) is 66.3. The molecule has 0 heterocycles. The van der Waals surface area contributed by atoms with E-state index in [1.54, 1.807) is 6.08 Å². The molecule has 6 nitrogen and oxygen atoms in total. The fraction of sp³-hybridized carbons (Fsp3) is 0.859. The van der Waals surface area contributed by atoms with Gasteiger partial charge in [-0.05, 0) is 83.5 Å². The van der Waals surface area contributed by atoms with Crippen LogP contribution in [0.25, 0.3) is 0 Å². The van der Waals surface area contributed by atoms with E-state index in [9.17, 15) is 19.8 Å². The van der Waals surface area contributed by atoms with Crippen LogP contribution in [0.5, 0.6) is 0 Å². The maximum Gasteiger partial charge on any atom is 0.305 e. The Balaban J connectivity index is 3.44. The molecule has 2 unspecified atom stereocenters. The maximum absolute atomic E-state index is 12.5. The Morgan fingerprint density at radius 3 is 1.04 bits per heavy atom. The summed E-state index contributed by atoms with van der Waals surface area (Å²) in [5, 5.41) is 23.2. The van der Waals surface area contributed by atoms with Crippen molar-refractivity contribution in [1.82, 2.24) is 5.32 Å². The van der Waals surface area contributed by atoms with Crippen LogP contribution in [0.1, 0.15) is 367 Å². The Kier molecular flexibility index (Phi) is 64.5. The van der Waals surface area contributed by atoms with Crippen molar-refractivity contribution in [2.75, 3.05) is 13.2 Å². The van der Waals surface area contributed by atoms with Gasteiger partial charge in [-0.25, -0.2) is 0 Å². The van der Waals surface area contributed by atoms with Gasteiger partial charge in [0.1, 0.15) is 0 Å². The number of ether oxygens (including phenoxy) is 1. The van der Waals surface area contributed by atoms with Crippen molar-refractivity contribution < 1.29 is 24.5 Å². The van der Waals surface area contributed by atoms with Crippen LogP contribution >= 0.6 is 0 Å². The zero-order chi connectivity index (χ0) is 55.7. The molecule has 2 atom stereocenters. The van der Waals surface area contributed by atoms with Crippen LogP contribution in [0.3, 0.4) is 0 Å². The van der Waals surface area contributed by atoms with E-state index in [0.717, 1.165) is 51.4 Å². The number of amides is 1. The SMILES string of the molecule is CCCC/C=C\CCCCCCCC(=O)OCCCCCCCCCCC/C=C\C/C=C\CCCCCCCCCCCCCCCC(=O)NC(CO)C(O)/C=C/CCCCCCCCCCCCCCCCCCCC. The quantitative estimate of drug-likeness (QED) is 0.0320. The van der Waals surface area contributed by atoms with Crippen molar-refractivity contribution in [3.05, 3.63) is 48.6 Å². The molecule has 0 radical (unpaired) electrons. The zero-order valence-electron chi connectivity index (χ0n) is 51.7. The number of carbonyl (C=O) groups excluding carboxylic acids is 2. The van der Waals surface area contributed by atoms with Crippen LogP contribution in [0.4, 0.5) is 0 Å². The molecule has 452 valence electrons. The minimum absolute atomic E-state index is 0.000488. The second-order valence-electron chi connectivity index (χ2n) is 23.5. The second-order valence-corrected chi connectivity index (χ2v) is 23.5. The Morgan fingerprint density at radius 1 is 0.364 bits per heavy atom. The third-order valence-corrected chi connectivity index (χ3v) is 15.8. The molecule has 0 bridgehead atoms. The van der Waals surface area contributed by atoms with Gasteiger partial charge in [0.15, 0.2) is 0 Å². The number of aliphatic hydroxyl groups is 2. The molecule has 0 aliphatic carbocycles. The number of nitrogens with one attached hydrogen (secondary N) is 1. The lowest BCUT2D eigenvalue weighted by molar-refractivity contribution is -0.143. The summed E-state index contributed by atoms with van der Waals surface area (Å²) >= 11 is 0. The van der Waals surface area contributed by atoms with Gasteiger partial charge in [-0.2, -0.15) is 0 Å². The van der Waals surface area contributed by atoms with Crippen molar-refractivity contribution in [3.8, 4) is 0 Å². The van der Waals surface area contributed by atoms with Crippen LogP contribution in [-0.2, 0) is 14.3 Å². The normalized spacial score (nSPS) is 12.8. The van der Waals surface area contributed by atoms with E-state index in [0.29, 0.717) is 19.4 Å². The summed E-state index contributed by atoms with van der Waals surface area (Å²) in [5.41, 5.74) is 0. The highest BCUT2D eigenvalue weighted by Crippen LogP contribution is 2.18. The van der Waals surface area contributed by atoms with Gasteiger partial charge in [0, 0.05) is 12.8 Å². The molecule has 0 spiro atoms. The van der Waals surface area contributed by atoms with Crippen LogP contribution < -0.4 is 5.32 Å². The molecule has 6 heteroatoms. The number of aliphatic hydroxyl groups excluding tert-OH is 2. The molecule has 3 N–H and O–H groups in total. The third kappa shape index (κ3) is 62.9. The molecular formula is C71H133NO5. The number of unbranched alkanes of at least 4 members (excludes halogenated alkanes) is 47. The molecule has 0 rings (SSSR count). The van der Waals surface area contributed by atoms with Gasteiger partial charge in [0.2, 0.25) is 5.91 Å². The fourth-order valence-corrected chi connectivity index (χ4v) is 10.5. The van der Waals surface area contributed by atoms with Crippen molar-refractivity contribution in [3.63, 3.8) is 0 Å². The summed E-state index contributed by atoms with van der Waals surface area (Å²) in [5.74, 6) is -0.0657. The molecule has 0 aromatic carbocycles. The molecule has 0 aromatic rings. The van der Waals surface area contributed by atoms with E-state index in [-0.39, 0.29) is 18.5 Å². The lowest BCUT2D eigenvalue weighted by Crippen LogP contribution is -2.45. The zero-order valence-corrected chi connectivity index (χ0v) is 51.7. The highest BCUT2D eigenvalue weighted by atomic mass is 16.5. The van der Waals surface area contributed by atoms with Gasteiger partial charge < -0.3 is 20.3 Å². The molecular weight excluding hydrogens is 947 g/mol. The van der Waals surface area contributed by atoms with Crippen molar-refractivity contribution in [1.29, 1.82) is 0 Å². The van der Waals surface area contributed by atoms with E-state index >= 15 is 0 Å². The van der Waals surface area contributed by atoms with Gasteiger partial charge in [0.25, 0.3) is 0 Å². The molecule has 0 saturated heterocycles. The number of hydrogen-bond donors (Lipinski definition) is 3. The smallest absolute Gasteiger partial charge is 0.305 e. The summed E-state index contributed by atoms with van der Waals surface area (Å²) in [6.45, 7) is 4.89. The molecule has 0 aliphatic heterocycles. The first kappa shape index (κ1) is 74.8. The Labute approximate surface area is 480 Å². The van der Waals surface area contributed by atoms with E-state index in [4.69, 9.17) is 4.74 Å². The predicted molar refractivity (Wildman–Crippen MR) is 338 cm³/mol. The average Bonchev–Trinajstić information content (AvgIpc) is 3.43. The Hall–Kier alpha value is -2.18. The fourth-order valence-electron chi connectivity index (χ4n) is 10.5. The monoisotopic (exact) mass is 1080 g/mol. The summed E-state index contributed by atoms with van der Waals surface area (Å²) < 4.78 is 5.46. The lowest BCUT2D eigenvalue weighted by Gasteiger charge is -2.20. The van der Waals surface area contributed by atoms with E-state index in [1.165, 1.54) is 289 Å².